The molecule has 2 heterocycles. The lowest BCUT2D eigenvalue weighted by Gasteiger charge is -2.10. The standard InChI is InChI=1S/C18H16ClN3O4/c1-24-15-6-4-12(19)11-13(15)18(23)20-8-10-26-17-7-5-14(21-22-17)16-3-2-9-25-16/h2-7,9,11H,8,10H2,1H3,(H,20,23). The molecule has 3 rings (SSSR count). The molecule has 1 amide bonds. The molecule has 2 aromatic heterocycles. The second-order valence-electron chi connectivity index (χ2n) is 5.18. The maximum atomic E-state index is 12.2. The molecule has 8 heteroatoms. The van der Waals surface area contributed by atoms with Gasteiger partial charge >= 0.3 is 0 Å². The monoisotopic (exact) mass is 373 g/mol. The molecule has 0 radical (unpaired) electrons. The Balaban J connectivity index is 1.50. The summed E-state index contributed by atoms with van der Waals surface area (Å²) in [6.45, 7) is 0.527. The lowest BCUT2D eigenvalue weighted by molar-refractivity contribution is 0.0943. The van der Waals surface area contributed by atoms with Gasteiger partial charge in [0.25, 0.3) is 5.91 Å². The molecule has 0 saturated heterocycles. The molecule has 0 spiro atoms. The van der Waals surface area contributed by atoms with E-state index in [9.17, 15) is 4.79 Å². The summed E-state index contributed by atoms with van der Waals surface area (Å²) in [5.74, 6) is 1.14. The Kier molecular flexibility index (Phi) is 5.70. The number of hydrogen-bond donors (Lipinski definition) is 1. The van der Waals surface area contributed by atoms with Crippen LogP contribution in [0.3, 0.4) is 0 Å². The van der Waals surface area contributed by atoms with Gasteiger partial charge in [0.1, 0.15) is 18.1 Å². The van der Waals surface area contributed by atoms with Gasteiger partial charge in [-0.2, -0.15) is 0 Å². The van der Waals surface area contributed by atoms with Crippen molar-refractivity contribution in [2.75, 3.05) is 20.3 Å². The first kappa shape index (κ1) is 17.8. The van der Waals surface area contributed by atoms with Gasteiger partial charge in [-0.3, -0.25) is 4.79 Å². The molecule has 0 bridgehead atoms. The van der Waals surface area contributed by atoms with E-state index in [4.69, 9.17) is 25.5 Å². The lowest BCUT2D eigenvalue weighted by atomic mass is 10.2. The van der Waals surface area contributed by atoms with Crippen molar-refractivity contribution >= 4 is 17.5 Å². The molecule has 0 aliphatic rings. The van der Waals surface area contributed by atoms with Gasteiger partial charge in [-0.25, -0.2) is 0 Å². The largest absolute Gasteiger partial charge is 0.496 e. The number of carbonyl (C=O) groups is 1. The number of aromatic nitrogens is 2. The predicted molar refractivity (Wildman–Crippen MR) is 95.6 cm³/mol. The van der Waals surface area contributed by atoms with Gasteiger partial charge in [-0.15, -0.1) is 10.2 Å². The molecule has 0 atom stereocenters. The van der Waals surface area contributed by atoms with Crippen molar-refractivity contribution < 1.29 is 18.7 Å². The Hall–Kier alpha value is -3.06. The van der Waals surface area contributed by atoms with Crippen LogP contribution in [0, 0.1) is 0 Å². The number of benzene rings is 1. The van der Waals surface area contributed by atoms with Crippen molar-refractivity contribution in [2.45, 2.75) is 0 Å². The highest BCUT2D eigenvalue weighted by molar-refractivity contribution is 6.31. The highest BCUT2D eigenvalue weighted by Gasteiger charge is 2.12. The van der Waals surface area contributed by atoms with Crippen molar-refractivity contribution in [3.8, 4) is 23.1 Å². The van der Waals surface area contributed by atoms with Crippen LogP contribution in [-0.4, -0.2) is 36.4 Å². The number of nitrogens with one attached hydrogen (secondary N) is 1. The summed E-state index contributed by atoms with van der Waals surface area (Å²) in [4.78, 5) is 12.2. The predicted octanol–water partition coefficient (Wildman–Crippen LogP) is 3.21. The number of ether oxygens (including phenoxy) is 2. The number of carbonyl (C=O) groups excluding carboxylic acids is 1. The maximum Gasteiger partial charge on any atom is 0.255 e. The van der Waals surface area contributed by atoms with E-state index in [0.29, 0.717) is 33.7 Å². The minimum Gasteiger partial charge on any atom is -0.496 e. The number of furan rings is 1. The molecule has 1 N–H and O–H groups in total. The first-order chi connectivity index (χ1) is 12.7. The molecule has 1 aromatic carbocycles. The van der Waals surface area contributed by atoms with Crippen LogP contribution in [0.25, 0.3) is 11.5 Å². The third-order valence-electron chi connectivity index (χ3n) is 3.46. The van der Waals surface area contributed by atoms with E-state index in [1.165, 1.54) is 7.11 Å². The van der Waals surface area contributed by atoms with Crippen molar-refractivity contribution in [1.82, 2.24) is 15.5 Å². The molecular formula is C18H16ClN3O4. The van der Waals surface area contributed by atoms with Crippen molar-refractivity contribution in [1.29, 1.82) is 0 Å². The summed E-state index contributed by atoms with van der Waals surface area (Å²) < 4.78 is 15.9. The van der Waals surface area contributed by atoms with Crippen LogP contribution in [0.2, 0.25) is 5.02 Å². The summed E-state index contributed by atoms with van der Waals surface area (Å²) in [5.41, 5.74) is 0.978. The Morgan fingerprint density at radius 2 is 2.12 bits per heavy atom. The minimum atomic E-state index is -0.299. The van der Waals surface area contributed by atoms with Gasteiger partial charge in [-0.05, 0) is 36.4 Å². The minimum absolute atomic E-state index is 0.239. The second kappa shape index (κ2) is 8.35. The molecule has 26 heavy (non-hydrogen) atoms. The zero-order chi connectivity index (χ0) is 18.4. The van der Waals surface area contributed by atoms with Crippen molar-refractivity contribution in [3.05, 3.63) is 59.3 Å². The van der Waals surface area contributed by atoms with Gasteiger partial charge in [0.05, 0.1) is 25.5 Å². The lowest BCUT2D eigenvalue weighted by Crippen LogP contribution is -2.28. The van der Waals surface area contributed by atoms with Crippen LogP contribution in [0.4, 0.5) is 0 Å². The third kappa shape index (κ3) is 4.31. The van der Waals surface area contributed by atoms with Crippen LogP contribution in [-0.2, 0) is 0 Å². The Bertz CT molecular complexity index is 867. The SMILES string of the molecule is COc1ccc(Cl)cc1C(=O)NCCOc1ccc(-c2ccco2)nn1. The van der Waals surface area contributed by atoms with Gasteiger partial charge in [0.15, 0.2) is 5.76 Å². The molecule has 0 unspecified atom stereocenters. The zero-order valence-corrected chi connectivity index (χ0v) is 14.7. The zero-order valence-electron chi connectivity index (χ0n) is 13.9. The molecule has 0 aliphatic carbocycles. The number of methoxy groups -OCH3 is 1. The molecule has 0 saturated carbocycles. The van der Waals surface area contributed by atoms with Crippen LogP contribution in [0.5, 0.6) is 11.6 Å². The number of rotatable bonds is 7. The quantitative estimate of drug-likeness (QED) is 0.640. The van der Waals surface area contributed by atoms with Gasteiger partial charge in [-0.1, -0.05) is 11.6 Å². The van der Waals surface area contributed by atoms with E-state index in [2.05, 4.69) is 15.5 Å². The summed E-state index contributed by atoms with van der Waals surface area (Å²) in [6, 6.07) is 11.9. The molecule has 0 fully saturated rings. The number of halogens is 1. The summed E-state index contributed by atoms with van der Waals surface area (Å²) in [6.07, 6.45) is 1.57. The van der Waals surface area contributed by atoms with Gasteiger partial charge < -0.3 is 19.2 Å². The smallest absolute Gasteiger partial charge is 0.255 e. The first-order valence-electron chi connectivity index (χ1n) is 7.79. The third-order valence-corrected chi connectivity index (χ3v) is 3.69. The van der Waals surface area contributed by atoms with Crippen LogP contribution in [0.15, 0.2) is 53.1 Å². The van der Waals surface area contributed by atoms with Gasteiger partial charge in [0, 0.05) is 11.1 Å². The summed E-state index contributed by atoms with van der Waals surface area (Å²) >= 11 is 5.93. The highest BCUT2D eigenvalue weighted by Crippen LogP contribution is 2.22. The topological polar surface area (TPSA) is 86.5 Å². The van der Waals surface area contributed by atoms with E-state index in [1.807, 2.05) is 0 Å². The van der Waals surface area contributed by atoms with Crippen LogP contribution >= 0.6 is 11.6 Å². The van der Waals surface area contributed by atoms with E-state index in [1.54, 1.807) is 48.7 Å². The number of hydrogen-bond acceptors (Lipinski definition) is 6. The van der Waals surface area contributed by atoms with Crippen molar-refractivity contribution in [2.24, 2.45) is 0 Å². The highest BCUT2D eigenvalue weighted by atomic mass is 35.5. The molecule has 0 aliphatic heterocycles. The fourth-order valence-corrected chi connectivity index (χ4v) is 2.40. The van der Waals surface area contributed by atoms with E-state index < -0.39 is 0 Å². The average Bonchev–Trinajstić information content (AvgIpc) is 3.20. The second-order valence-corrected chi connectivity index (χ2v) is 5.62. The normalized spacial score (nSPS) is 10.4. The molecule has 7 nitrogen and oxygen atoms in total. The van der Waals surface area contributed by atoms with Crippen LogP contribution < -0.4 is 14.8 Å². The van der Waals surface area contributed by atoms with Crippen LogP contribution in [0.1, 0.15) is 10.4 Å². The Labute approximate surface area is 154 Å². The van der Waals surface area contributed by atoms with Gasteiger partial charge in [0.2, 0.25) is 5.88 Å². The summed E-state index contributed by atoms with van der Waals surface area (Å²) in [5, 5.41) is 11.2. The van der Waals surface area contributed by atoms with E-state index in [-0.39, 0.29) is 19.1 Å². The fraction of sp³-hybridized carbons (Fsp3) is 0.167. The average molecular weight is 374 g/mol. The summed E-state index contributed by atoms with van der Waals surface area (Å²) in [7, 11) is 1.49. The molecular weight excluding hydrogens is 358 g/mol. The maximum absolute atomic E-state index is 12.2. The Morgan fingerprint density at radius 1 is 1.23 bits per heavy atom. The first-order valence-corrected chi connectivity index (χ1v) is 8.17. The van der Waals surface area contributed by atoms with E-state index >= 15 is 0 Å². The Morgan fingerprint density at radius 3 is 2.81 bits per heavy atom. The fourth-order valence-electron chi connectivity index (χ4n) is 2.23. The number of nitrogens with zero attached hydrogens (tertiary/aromatic N) is 2. The number of amides is 1. The molecule has 134 valence electrons. The molecule has 3 aromatic rings. The van der Waals surface area contributed by atoms with Crippen molar-refractivity contribution in [3.63, 3.8) is 0 Å². The van der Waals surface area contributed by atoms with E-state index in [0.717, 1.165) is 0 Å².